The first-order chi connectivity index (χ1) is 8.60. The van der Waals surface area contributed by atoms with Gasteiger partial charge in [0.1, 0.15) is 5.78 Å². The monoisotopic (exact) mass is 246 g/mol. The van der Waals surface area contributed by atoms with Crippen molar-refractivity contribution in [3.05, 3.63) is 35.9 Å². The van der Waals surface area contributed by atoms with Crippen LogP contribution in [0.15, 0.2) is 30.3 Å². The zero-order valence-corrected chi connectivity index (χ0v) is 12.2. The second-order valence-corrected chi connectivity index (χ2v) is 5.30. The molecule has 1 nitrogen and oxygen atoms in total. The summed E-state index contributed by atoms with van der Waals surface area (Å²) in [6.45, 7) is 8.58. The molecule has 100 valence electrons. The molecule has 0 aliphatic heterocycles. The normalized spacial score (nSPS) is 13.3. The molecular formula is C17H26O. The van der Waals surface area contributed by atoms with E-state index in [4.69, 9.17) is 0 Å². The first-order valence-corrected chi connectivity index (χ1v) is 7.19. The van der Waals surface area contributed by atoms with E-state index >= 15 is 0 Å². The highest BCUT2D eigenvalue weighted by Crippen LogP contribution is 2.34. The highest BCUT2D eigenvalue weighted by molar-refractivity contribution is 5.90. The Kier molecular flexibility index (Phi) is 5.58. The highest BCUT2D eigenvalue weighted by Gasteiger charge is 2.36. The van der Waals surface area contributed by atoms with Crippen molar-refractivity contribution in [2.24, 2.45) is 5.92 Å². The van der Waals surface area contributed by atoms with Gasteiger partial charge in [0.05, 0.1) is 5.41 Å². The molecule has 0 aromatic heterocycles. The Morgan fingerprint density at radius 3 is 2.11 bits per heavy atom. The number of carbonyl (C=O) groups excluding carboxylic acids is 1. The van der Waals surface area contributed by atoms with Crippen LogP contribution in [0.3, 0.4) is 0 Å². The number of benzene rings is 1. The van der Waals surface area contributed by atoms with Crippen molar-refractivity contribution in [3.63, 3.8) is 0 Å². The van der Waals surface area contributed by atoms with E-state index in [0.717, 1.165) is 19.3 Å². The van der Waals surface area contributed by atoms with Crippen molar-refractivity contribution >= 4 is 5.78 Å². The fourth-order valence-corrected chi connectivity index (χ4v) is 2.63. The molecule has 0 bridgehead atoms. The Hall–Kier alpha value is -1.11. The molecule has 0 heterocycles. The van der Waals surface area contributed by atoms with Crippen LogP contribution in [0.1, 0.15) is 58.9 Å². The van der Waals surface area contributed by atoms with Crippen molar-refractivity contribution in [3.8, 4) is 0 Å². The molecule has 0 spiro atoms. The summed E-state index contributed by atoms with van der Waals surface area (Å²) in [4.78, 5) is 12.7. The van der Waals surface area contributed by atoms with Gasteiger partial charge >= 0.3 is 0 Å². The van der Waals surface area contributed by atoms with E-state index < -0.39 is 0 Å². The Morgan fingerprint density at radius 1 is 1.11 bits per heavy atom. The van der Waals surface area contributed by atoms with Crippen LogP contribution >= 0.6 is 0 Å². The molecule has 1 unspecified atom stereocenters. The van der Waals surface area contributed by atoms with Crippen LogP contribution in [0.25, 0.3) is 0 Å². The van der Waals surface area contributed by atoms with E-state index in [1.807, 2.05) is 18.2 Å². The molecule has 0 aliphatic carbocycles. The van der Waals surface area contributed by atoms with Crippen LogP contribution in [0, 0.1) is 5.92 Å². The molecule has 1 rings (SSSR count). The molecule has 0 N–H and O–H groups in total. The van der Waals surface area contributed by atoms with Gasteiger partial charge in [0, 0.05) is 6.42 Å². The number of ketones is 1. The molecule has 18 heavy (non-hydrogen) atoms. The standard InChI is InChI=1S/C17H26O/c1-5-14(4)13-16(18)17(6-2,7-3)15-11-9-8-10-12-15/h8-12,14H,5-7,13H2,1-4H3. The summed E-state index contributed by atoms with van der Waals surface area (Å²) in [6.07, 6.45) is 3.56. The summed E-state index contributed by atoms with van der Waals surface area (Å²) < 4.78 is 0. The fourth-order valence-electron chi connectivity index (χ4n) is 2.63. The maximum atomic E-state index is 12.7. The average Bonchev–Trinajstić information content (AvgIpc) is 2.42. The van der Waals surface area contributed by atoms with Crippen molar-refractivity contribution in [1.82, 2.24) is 0 Å². The Balaban J connectivity index is 3.04. The molecule has 0 saturated heterocycles. The molecule has 1 aromatic rings. The van der Waals surface area contributed by atoms with Gasteiger partial charge in [-0.1, -0.05) is 64.4 Å². The number of rotatable bonds is 7. The minimum atomic E-state index is -0.273. The third-order valence-corrected chi connectivity index (χ3v) is 4.30. The fraction of sp³-hybridized carbons (Fsp3) is 0.588. The second-order valence-electron chi connectivity index (χ2n) is 5.30. The first kappa shape index (κ1) is 14.9. The van der Waals surface area contributed by atoms with Crippen molar-refractivity contribution in [2.75, 3.05) is 0 Å². The topological polar surface area (TPSA) is 17.1 Å². The lowest BCUT2D eigenvalue weighted by molar-refractivity contribution is -0.125. The van der Waals surface area contributed by atoms with E-state index in [1.54, 1.807) is 0 Å². The third kappa shape index (κ3) is 3.01. The summed E-state index contributed by atoms with van der Waals surface area (Å²) in [7, 11) is 0. The average molecular weight is 246 g/mol. The van der Waals surface area contributed by atoms with Gasteiger partial charge in [-0.15, -0.1) is 0 Å². The predicted molar refractivity (Wildman–Crippen MR) is 77.8 cm³/mol. The molecule has 0 radical (unpaired) electrons. The van der Waals surface area contributed by atoms with Gasteiger partial charge in [-0.2, -0.15) is 0 Å². The molecular weight excluding hydrogens is 220 g/mol. The van der Waals surface area contributed by atoms with E-state index in [2.05, 4.69) is 39.8 Å². The first-order valence-electron chi connectivity index (χ1n) is 7.19. The SMILES string of the molecule is CCC(C)CC(=O)C(CC)(CC)c1ccccc1. The van der Waals surface area contributed by atoms with Gasteiger partial charge in [0.2, 0.25) is 0 Å². The zero-order chi connectivity index (χ0) is 13.6. The van der Waals surface area contributed by atoms with Crippen molar-refractivity contribution < 1.29 is 4.79 Å². The Labute approximate surface area is 112 Å². The maximum Gasteiger partial charge on any atom is 0.143 e. The van der Waals surface area contributed by atoms with Gasteiger partial charge < -0.3 is 0 Å². The molecule has 1 aromatic carbocycles. The van der Waals surface area contributed by atoms with Crippen molar-refractivity contribution in [2.45, 2.75) is 58.8 Å². The van der Waals surface area contributed by atoms with Gasteiger partial charge in [0.15, 0.2) is 0 Å². The van der Waals surface area contributed by atoms with Crippen LogP contribution in [-0.4, -0.2) is 5.78 Å². The van der Waals surface area contributed by atoms with E-state index in [0.29, 0.717) is 18.1 Å². The summed E-state index contributed by atoms with van der Waals surface area (Å²) in [5, 5.41) is 0. The molecule has 1 atom stereocenters. The van der Waals surface area contributed by atoms with Crippen LogP contribution < -0.4 is 0 Å². The van der Waals surface area contributed by atoms with E-state index in [9.17, 15) is 4.79 Å². The summed E-state index contributed by atoms with van der Waals surface area (Å²) in [6, 6.07) is 10.3. The van der Waals surface area contributed by atoms with Gasteiger partial charge in [-0.3, -0.25) is 4.79 Å². The van der Waals surface area contributed by atoms with E-state index in [1.165, 1.54) is 5.56 Å². The molecule has 0 fully saturated rings. The third-order valence-electron chi connectivity index (χ3n) is 4.30. The Bertz CT molecular complexity index is 362. The Morgan fingerprint density at radius 2 is 1.67 bits per heavy atom. The van der Waals surface area contributed by atoms with Crippen molar-refractivity contribution in [1.29, 1.82) is 0 Å². The zero-order valence-electron chi connectivity index (χ0n) is 12.2. The predicted octanol–water partition coefficient (Wildman–Crippen LogP) is 4.75. The molecule has 0 saturated carbocycles. The number of Topliss-reactive ketones (excluding diaryl/α,β-unsaturated/α-hetero) is 1. The quantitative estimate of drug-likeness (QED) is 0.678. The van der Waals surface area contributed by atoms with E-state index in [-0.39, 0.29) is 5.41 Å². The van der Waals surface area contributed by atoms with Gasteiger partial charge in [-0.05, 0) is 24.3 Å². The number of hydrogen-bond acceptors (Lipinski definition) is 1. The van der Waals surface area contributed by atoms with Crippen LogP contribution in [0.5, 0.6) is 0 Å². The van der Waals surface area contributed by atoms with Gasteiger partial charge in [-0.25, -0.2) is 0 Å². The largest absolute Gasteiger partial charge is 0.299 e. The van der Waals surface area contributed by atoms with Crippen LogP contribution in [0.2, 0.25) is 0 Å². The lowest BCUT2D eigenvalue weighted by atomic mass is 9.70. The van der Waals surface area contributed by atoms with Crippen LogP contribution in [-0.2, 0) is 10.2 Å². The lowest BCUT2D eigenvalue weighted by Crippen LogP contribution is -2.35. The number of carbonyl (C=O) groups is 1. The van der Waals surface area contributed by atoms with Crippen LogP contribution in [0.4, 0.5) is 0 Å². The lowest BCUT2D eigenvalue weighted by Gasteiger charge is -2.31. The number of hydrogen-bond donors (Lipinski definition) is 0. The summed E-state index contributed by atoms with van der Waals surface area (Å²) >= 11 is 0. The summed E-state index contributed by atoms with van der Waals surface area (Å²) in [5.41, 5.74) is 0.910. The molecule has 0 amide bonds. The second kappa shape index (κ2) is 6.72. The minimum absolute atomic E-state index is 0.273. The smallest absolute Gasteiger partial charge is 0.143 e. The minimum Gasteiger partial charge on any atom is -0.299 e. The molecule has 1 heteroatoms. The highest BCUT2D eigenvalue weighted by atomic mass is 16.1. The summed E-state index contributed by atoms with van der Waals surface area (Å²) in [5.74, 6) is 0.895. The molecule has 0 aliphatic rings. The van der Waals surface area contributed by atoms with Gasteiger partial charge in [0.25, 0.3) is 0 Å². The maximum absolute atomic E-state index is 12.7.